The molecule has 1 saturated carbocycles. The Morgan fingerprint density at radius 3 is 2.50 bits per heavy atom. The summed E-state index contributed by atoms with van der Waals surface area (Å²) in [5.41, 5.74) is 5.24. The van der Waals surface area contributed by atoms with E-state index in [1.807, 2.05) is 13.8 Å². The summed E-state index contributed by atoms with van der Waals surface area (Å²) in [7, 11) is 0. The average molecular weight is 255 g/mol. The molecule has 1 rings (SSSR count). The van der Waals surface area contributed by atoms with Gasteiger partial charge in [-0.2, -0.15) is 0 Å². The van der Waals surface area contributed by atoms with Crippen LogP contribution < -0.4 is 11.1 Å². The SMILES string of the molecule is CCNC(C)CC(=O)N(CC(N)=O)C1CCCC1. The van der Waals surface area contributed by atoms with Crippen LogP contribution >= 0.6 is 0 Å². The van der Waals surface area contributed by atoms with E-state index in [1.54, 1.807) is 4.90 Å². The van der Waals surface area contributed by atoms with Crippen molar-refractivity contribution in [1.29, 1.82) is 0 Å². The molecule has 3 N–H and O–H groups in total. The second-order valence-corrected chi connectivity index (χ2v) is 5.09. The minimum atomic E-state index is -0.425. The van der Waals surface area contributed by atoms with Gasteiger partial charge in [0.2, 0.25) is 11.8 Å². The van der Waals surface area contributed by atoms with Crippen molar-refractivity contribution in [3.63, 3.8) is 0 Å². The Balaban J connectivity index is 2.57. The van der Waals surface area contributed by atoms with Crippen molar-refractivity contribution < 1.29 is 9.59 Å². The highest BCUT2D eigenvalue weighted by atomic mass is 16.2. The lowest BCUT2D eigenvalue weighted by Crippen LogP contribution is -2.46. The van der Waals surface area contributed by atoms with Gasteiger partial charge in [-0.25, -0.2) is 0 Å². The maximum absolute atomic E-state index is 12.2. The smallest absolute Gasteiger partial charge is 0.237 e. The van der Waals surface area contributed by atoms with Gasteiger partial charge in [0.25, 0.3) is 0 Å². The third kappa shape index (κ3) is 4.64. The first kappa shape index (κ1) is 15.0. The fourth-order valence-corrected chi connectivity index (χ4v) is 2.60. The van der Waals surface area contributed by atoms with E-state index >= 15 is 0 Å². The van der Waals surface area contributed by atoms with E-state index in [9.17, 15) is 9.59 Å². The van der Waals surface area contributed by atoms with Crippen LogP contribution in [0.1, 0.15) is 46.0 Å². The number of nitrogens with one attached hydrogen (secondary N) is 1. The number of primary amides is 1. The third-order valence-electron chi connectivity index (χ3n) is 3.45. The molecule has 1 unspecified atom stereocenters. The summed E-state index contributed by atoms with van der Waals surface area (Å²) < 4.78 is 0. The van der Waals surface area contributed by atoms with E-state index < -0.39 is 5.91 Å². The lowest BCUT2D eigenvalue weighted by molar-refractivity contribution is -0.137. The second kappa shape index (κ2) is 7.36. The van der Waals surface area contributed by atoms with Crippen LogP contribution in [0.5, 0.6) is 0 Å². The Hall–Kier alpha value is -1.10. The fraction of sp³-hybridized carbons (Fsp3) is 0.846. The number of nitrogens with zero attached hydrogens (tertiary/aromatic N) is 1. The maximum Gasteiger partial charge on any atom is 0.237 e. The molecule has 1 atom stereocenters. The molecule has 0 saturated heterocycles. The first-order valence-electron chi connectivity index (χ1n) is 6.85. The molecule has 0 heterocycles. The minimum absolute atomic E-state index is 0.0363. The summed E-state index contributed by atoms with van der Waals surface area (Å²) in [5, 5.41) is 3.21. The quantitative estimate of drug-likeness (QED) is 0.700. The van der Waals surface area contributed by atoms with E-state index in [0.29, 0.717) is 6.42 Å². The zero-order valence-corrected chi connectivity index (χ0v) is 11.4. The van der Waals surface area contributed by atoms with E-state index in [-0.39, 0.29) is 24.5 Å². The Labute approximate surface area is 109 Å². The standard InChI is InChI=1S/C13H25N3O2/c1-3-15-10(2)8-13(18)16(9-12(14)17)11-6-4-5-7-11/h10-11,15H,3-9H2,1-2H3,(H2,14,17). The van der Waals surface area contributed by atoms with Gasteiger partial charge in [0.15, 0.2) is 0 Å². The molecule has 0 aromatic heterocycles. The topological polar surface area (TPSA) is 75.4 Å². The lowest BCUT2D eigenvalue weighted by Gasteiger charge is -2.29. The lowest BCUT2D eigenvalue weighted by atomic mass is 10.1. The molecule has 0 aliphatic heterocycles. The van der Waals surface area contributed by atoms with Gasteiger partial charge in [0, 0.05) is 18.5 Å². The monoisotopic (exact) mass is 255 g/mol. The fourth-order valence-electron chi connectivity index (χ4n) is 2.60. The van der Waals surface area contributed by atoms with E-state index in [2.05, 4.69) is 5.32 Å². The van der Waals surface area contributed by atoms with Crippen molar-refractivity contribution in [2.75, 3.05) is 13.1 Å². The van der Waals surface area contributed by atoms with Crippen molar-refractivity contribution in [2.45, 2.75) is 58.0 Å². The minimum Gasteiger partial charge on any atom is -0.368 e. The molecule has 1 aliphatic rings. The van der Waals surface area contributed by atoms with Gasteiger partial charge < -0.3 is 16.0 Å². The summed E-state index contributed by atoms with van der Waals surface area (Å²) in [6.07, 6.45) is 4.69. The molecule has 18 heavy (non-hydrogen) atoms. The van der Waals surface area contributed by atoms with Gasteiger partial charge in [-0.3, -0.25) is 9.59 Å². The van der Waals surface area contributed by atoms with Gasteiger partial charge in [-0.05, 0) is 26.3 Å². The second-order valence-electron chi connectivity index (χ2n) is 5.09. The molecule has 5 nitrogen and oxygen atoms in total. The Bertz CT molecular complexity index is 288. The van der Waals surface area contributed by atoms with Crippen LogP contribution in [0.15, 0.2) is 0 Å². The van der Waals surface area contributed by atoms with Gasteiger partial charge in [0.1, 0.15) is 0 Å². The summed E-state index contributed by atoms with van der Waals surface area (Å²) in [4.78, 5) is 25.0. The summed E-state index contributed by atoms with van der Waals surface area (Å²) in [6.45, 7) is 4.90. The van der Waals surface area contributed by atoms with Crippen molar-refractivity contribution in [2.24, 2.45) is 5.73 Å². The van der Waals surface area contributed by atoms with Crippen LogP contribution in [-0.4, -0.2) is 41.9 Å². The van der Waals surface area contributed by atoms with E-state index in [1.165, 1.54) is 0 Å². The van der Waals surface area contributed by atoms with Crippen LogP contribution in [0.25, 0.3) is 0 Å². The molecule has 0 aromatic rings. The maximum atomic E-state index is 12.2. The number of amides is 2. The highest BCUT2D eigenvalue weighted by molar-refractivity contribution is 5.84. The van der Waals surface area contributed by atoms with Crippen LogP contribution in [0, 0.1) is 0 Å². The van der Waals surface area contributed by atoms with Gasteiger partial charge in [0.05, 0.1) is 6.54 Å². The Morgan fingerprint density at radius 2 is 2.00 bits per heavy atom. The highest BCUT2D eigenvalue weighted by Crippen LogP contribution is 2.24. The van der Waals surface area contributed by atoms with Crippen molar-refractivity contribution in [3.8, 4) is 0 Å². The number of hydrogen-bond donors (Lipinski definition) is 2. The predicted octanol–water partition coefficient (Wildman–Crippen LogP) is 0.631. The first-order valence-corrected chi connectivity index (χ1v) is 6.85. The number of nitrogens with two attached hydrogens (primary N) is 1. The molecule has 0 spiro atoms. The van der Waals surface area contributed by atoms with Gasteiger partial charge in [-0.15, -0.1) is 0 Å². The van der Waals surface area contributed by atoms with Crippen molar-refractivity contribution >= 4 is 11.8 Å². The van der Waals surface area contributed by atoms with Gasteiger partial charge in [-0.1, -0.05) is 19.8 Å². The molecule has 0 radical (unpaired) electrons. The van der Waals surface area contributed by atoms with Crippen LogP contribution in [0.4, 0.5) is 0 Å². The highest BCUT2D eigenvalue weighted by Gasteiger charge is 2.28. The van der Waals surface area contributed by atoms with Gasteiger partial charge >= 0.3 is 0 Å². The number of hydrogen-bond acceptors (Lipinski definition) is 3. The summed E-state index contributed by atoms with van der Waals surface area (Å²) >= 11 is 0. The molecule has 5 heteroatoms. The largest absolute Gasteiger partial charge is 0.368 e. The molecule has 0 aromatic carbocycles. The molecular formula is C13H25N3O2. The normalized spacial score (nSPS) is 17.7. The number of rotatable bonds is 7. The predicted molar refractivity (Wildman–Crippen MR) is 70.9 cm³/mol. The zero-order chi connectivity index (χ0) is 13.5. The van der Waals surface area contributed by atoms with Crippen LogP contribution in [0.2, 0.25) is 0 Å². The van der Waals surface area contributed by atoms with Crippen LogP contribution in [0.3, 0.4) is 0 Å². The van der Waals surface area contributed by atoms with Crippen LogP contribution in [-0.2, 0) is 9.59 Å². The molecule has 1 fully saturated rings. The number of carbonyl (C=O) groups is 2. The van der Waals surface area contributed by atoms with Crippen molar-refractivity contribution in [1.82, 2.24) is 10.2 Å². The zero-order valence-electron chi connectivity index (χ0n) is 11.4. The molecule has 104 valence electrons. The first-order chi connectivity index (χ1) is 8.54. The summed E-state index contributed by atoms with van der Waals surface area (Å²) in [6, 6.07) is 0.345. The molecule has 0 bridgehead atoms. The molecule has 2 amide bonds. The average Bonchev–Trinajstić information content (AvgIpc) is 2.78. The summed E-state index contributed by atoms with van der Waals surface area (Å²) in [5.74, 6) is -0.388. The molecule has 1 aliphatic carbocycles. The Morgan fingerprint density at radius 1 is 1.39 bits per heavy atom. The van der Waals surface area contributed by atoms with Crippen molar-refractivity contribution in [3.05, 3.63) is 0 Å². The van der Waals surface area contributed by atoms with E-state index in [0.717, 1.165) is 32.2 Å². The number of carbonyl (C=O) groups excluding carboxylic acids is 2. The Kier molecular flexibility index (Phi) is 6.12. The third-order valence-corrected chi connectivity index (χ3v) is 3.45. The molecular weight excluding hydrogens is 230 g/mol. The van der Waals surface area contributed by atoms with E-state index in [4.69, 9.17) is 5.73 Å².